The van der Waals surface area contributed by atoms with Gasteiger partial charge in [-0.3, -0.25) is 14.6 Å². The van der Waals surface area contributed by atoms with E-state index in [1.807, 2.05) is 44.3 Å². The number of H-pyrrole nitrogens is 1. The van der Waals surface area contributed by atoms with E-state index >= 15 is 0 Å². The van der Waals surface area contributed by atoms with E-state index in [-0.39, 0.29) is 24.5 Å². The molecule has 194 valence electrons. The van der Waals surface area contributed by atoms with E-state index < -0.39 is 6.04 Å². The van der Waals surface area contributed by atoms with Crippen molar-refractivity contribution >= 4 is 22.7 Å². The molecular weight excluding hydrogens is 480 g/mol. The first-order chi connectivity index (χ1) is 18.4. The van der Waals surface area contributed by atoms with Gasteiger partial charge in [-0.25, -0.2) is 0 Å². The fourth-order valence-corrected chi connectivity index (χ4v) is 4.05. The Labute approximate surface area is 221 Å². The minimum Gasteiger partial charge on any atom is -0.490 e. The number of carbonyl (C=O) groups excluding carboxylic acids is 2. The molecular formula is C30H30N4O4. The summed E-state index contributed by atoms with van der Waals surface area (Å²) in [5.74, 6) is 5.84. The van der Waals surface area contributed by atoms with E-state index in [4.69, 9.17) is 4.74 Å². The lowest BCUT2D eigenvalue weighted by Gasteiger charge is -2.19. The van der Waals surface area contributed by atoms with Crippen LogP contribution in [-0.4, -0.2) is 52.7 Å². The minimum absolute atomic E-state index is 0.142. The van der Waals surface area contributed by atoms with Gasteiger partial charge >= 0.3 is 0 Å². The summed E-state index contributed by atoms with van der Waals surface area (Å²) < 4.78 is 5.89. The van der Waals surface area contributed by atoms with Crippen molar-refractivity contribution in [2.45, 2.75) is 32.4 Å². The highest BCUT2D eigenvalue weighted by Crippen LogP contribution is 2.23. The molecule has 0 aliphatic heterocycles. The molecule has 2 amide bonds. The maximum atomic E-state index is 13.4. The summed E-state index contributed by atoms with van der Waals surface area (Å²) in [5.41, 5.74) is 3.89. The number of ether oxygens (including phenoxy) is 1. The number of carbonyl (C=O) groups is 2. The Balaban J connectivity index is 1.58. The van der Waals surface area contributed by atoms with Gasteiger partial charge in [0.05, 0.1) is 29.9 Å². The van der Waals surface area contributed by atoms with Crippen molar-refractivity contribution in [3.05, 3.63) is 94.9 Å². The second kappa shape index (κ2) is 12.1. The van der Waals surface area contributed by atoms with Crippen molar-refractivity contribution in [1.29, 1.82) is 0 Å². The summed E-state index contributed by atoms with van der Waals surface area (Å²) >= 11 is 0. The largest absolute Gasteiger partial charge is 0.490 e. The number of nitrogens with zero attached hydrogens (tertiary/aromatic N) is 1. The number of rotatable bonds is 8. The van der Waals surface area contributed by atoms with Crippen LogP contribution in [0.3, 0.4) is 0 Å². The lowest BCUT2D eigenvalue weighted by Crippen LogP contribution is -2.39. The molecule has 8 heteroatoms. The lowest BCUT2D eigenvalue weighted by molar-refractivity contribution is 0.0909. The number of aliphatic hydroxyl groups is 1. The molecule has 0 bridgehead atoms. The zero-order chi connectivity index (χ0) is 27.1. The normalized spacial score (nSPS) is 11.5. The van der Waals surface area contributed by atoms with Crippen LogP contribution in [0.4, 0.5) is 0 Å². The zero-order valence-electron chi connectivity index (χ0n) is 21.5. The van der Waals surface area contributed by atoms with Crippen molar-refractivity contribution in [3.63, 3.8) is 0 Å². The first-order valence-corrected chi connectivity index (χ1v) is 12.3. The maximum Gasteiger partial charge on any atom is 0.255 e. The van der Waals surface area contributed by atoms with Gasteiger partial charge < -0.3 is 25.5 Å². The second-order valence-corrected chi connectivity index (χ2v) is 9.09. The average molecular weight is 511 g/mol. The predicted molar refractivity (Wildman–Crippen MR) is 146 cm³/mol. The lowest BCUT2D eigenvalue weighted by atomic mass is 10.0. The predicted octanol–water partition coefficient (Wildman–Crippen LogP) is 3.44. The van der Waals surface area contributed by atoms with E-state index in [0.29, 0.717) is 34.4 Å². The summed E-state index contributed by atoms with van der Waals surface area (Å²) in [4.78, 5) is 32.6. The van der Waals surface area contributed by atoms with E-state index in [0.717, 1.165) is 16.5 Å². The molecule has 4 rings (SSSR count). The standard InChI is InChI=1S/C30H30N4O4/c1-19(2)38-28-11-10-20(8-9-21-12-23(16-32-15-21)29(36)31-3)13-26(28)30(37)34-24(18-35)14-22-17-33-27-7-5-4-6-25(22)27/h4-7,10-13,15-17,19,24,33,35H,14,18H2,1-3H3,(H,31,36)(H,34,37)/t24-/m1/s1. The van der Waals surface area contributed by atoms with E-state index in [2.05, 4.69) is 32.4 Å². The molecule has 1 atom stereocenters. The summed E-state index contributed by atoms with van der Waals surface area (Å²) in [5, 5.41) is 16.6. The fourth-order valence-electron chi connectivity index (χ4n) is 4.05. The SMILES string of the molecule is CNC(=O)c1cncc(C#Cc2ccc(OC(C)C)c(C(=O)N[C@@H](CO)Cc3c[nH]c4ccccc34)c2)c1. The number of aromatic nitrogens is 2. The second-order valence-electron chi connectivity index (χ2n) is 9.09. The van der Waals surface area contributed by atoms with Crippen LogP contribution in [0.1, 0.15) is 51.3 Å². The number of fused-ring (bicyclic) bond motifs is 1. The highest BCUT2D eigenvalue weighted by atomic mass is 16.5. The third-order valence-corrected chi connectivity index (χ3v) is 5.86. The fraction of sp³-hybridized carbons (Fsp3) is 0.233. The highest BCUT2D eigenvalue weighted by Gasteiger charge is 2.19. The summed E-state index contributed by atoms with van der Waals surface area (Å²) in [6.07, 6.45) is 5.26. The monoisotopic (exact) mass is 510 g/mol. The van der Waals surface area contributed by atoms with Crippen LogP contribution in [0.15, 0.2) is 67.1 Å². The molecule has 8 nitrogen and oxygen atoms in total. The van der Waals surface area contributed by atoms with Gasteiger partial charge in [-0.15, -0.1) is 0 Å². The number of aliphatic hydroxyl groups excluding tert-OH is 1. The van der Waals surface area contributed by atoms with Crippen LogP contribution < -0.4 is 15.4 Å². The number of hydrogen-bond acceptors (Lipinski definition) is 5. The first-order valence-electron chi connectivity index (χ1n) is 12.3. The van der Waals surface area contributed by atoms with E-state index in [9.17, 15) is 14.7 Å². The van der Waals surface area contributed by atoms with Crippen molar-refractivity contribution in [2.75, 3.05) is 13.7 Å². The van der Waals surface area contributed by atoms with Gasteiger partial charge in [0.15, 0.2) is 0 Å². The van der Waals surface area contributed by atoms with Crippen LogP contribution in [0.25, 0.3) is 10.9 Å². The molecule has 0 saturated heterocycles. The van der Waals surface area contributed by atoms with E-state index in [1.165, 1.54) is 6.20 Å². The molecule has 0 aliphatic rings. The van der Waals surface area contributed by atoms with Gasteiger partial charge in [0.1, 0.15) is 5.75 Å². The topological polar surface area (TPSA) is 116 Å². The number of benzene rings is 2. The molecule has 4 aromatic rings. The average Bonchev–Trinajstić information content (AvgIpc) is 3.34. The van der Waals surface area contributed by atoms with Gasteiger partial charge in [0.25, 0.3) is 11.8 Å². The smallest absolute Gasteiger partial charge is 0.255 e. The number of para-hydroxylation sites is 1. The molecule has 4 N–H and O–H groups in total. The third kappa shape index (κ3) is 6.38. The Morgan fingerprint density at radius 1 is 1.05 bits per heavy atom. The Morgan fingerprint density at radius 3 is 2.61 bits per heavy atom. The van der Waals surface area contributed by atoms with Gasteiger partial charge in [-0.05, 0) is 56.2 Å². The van der Waals surface area contributed by atoms with Crippen molar-refractivity contribution in [3.8, 4) is 17.6 Å². The molecule has 2 heterocycles. The minimum atomic E-state index is -0.498. The molecule has 2 aromatic carbocycles. The van der Waals surface area contributed by atoms with Crippen LogP contribution >= 0.6 is 0 Å². The molecule has 38 heavy (non-hydrogen) atoms. The van der Waals surface area contributed by atoms with Crippen molar-refractivity contribution < 1.29 is 19.4 Å². The summed E-state index contributed by atoms with van der Waals surface area (Å²) in [6, 6.07) is 14.2. The third-order valence-electron chi connectivity index (χ3n) is 5.86. The molecule has 2 aromatic heterocycles. The molecule has 0 spiro atoms. The Hall–Kier alpha value is -4.61. The summed E-state index contributed by atoms with van der Waals surface area (Å²) in [7, 11) is 1.55. The quantitative estimate of drug-likeness (QED) is 0.271. The zero-order valence-corrected chi connectivity index (χ0v) is 21.5. The first kappa shape index (κ1) is 26.5. The summed E-state index contributed by atoms with van der Waals surface area (Å²) in [6.45, 7) is 3.55. The van der Waals surface area contributed by atoms with Gasteiger partial charge in [0.2, 0.25) is 0 Å². The van der Waals surface area contributed by atoms with Crippen LogP contribution in [0.2, 0.25) is 0 Å². The Morgan fingerprint density at radius 2 is 1.84 bits per heavy atom. The van der Waals surface area contributed by atoms with E-state index in [1.54, 1.807) is 37.5 Å². The van der Waals surface area contributed by atoms with Crippen LogP contribution in [0.5, 0.6) is 5.75 Å². The Kier molecular flexibility index (Phi) is 8.41. The van der Waals surface area contributed by atoms with Crippen LogP contribution in [0, 0.1) is 11.8 Å². The molecule has 0 aliphatic carbocycles. The molecule has 0 fully saturated rings. The van der Waals surface area contributed by atoms with Gasteiger partial charge in [-0.2, -0.15) is 0 Å². The van der Waals surface area contributed by atoms with Gasteiger partial charge in [0, 0.05) is 47.7 Å². The number of pyridine rings is 1. The number of nitrogens with one attached hydrogen (secondary N) is 3. The Bertz CT molecular complexity index is 1510. The van der Waals surface area contributed by atoms with Crippen molar-refractivity contribution in [2.24, 2.45) is 0 Å². The van der Waals surface area contributed by atoms with Crippen molar-refractivity contribution in [1.82, 2.24) is 20.6 Å². The highest BCUT2D eigenvalue weighted by molar-refractivity contribution is 5.97. The molecule has 0 radical (unpaired) electrons. The molecule has 0 unspecified atom stereocenters. The van der Waals surface area contributed by atoms with Gasteiger partial charge in [-0.1, -0.05) is 30.0 Å². The van der Waals surface area contributed by atoms with Crippen LogP contribution in [-0.2, 0) is 6.42 Å². The number of hydrogen-bond donors (Lipinski definition) is 4. The maximum absolute atomic E-state index is 13.4. The number of amides is 2. The number of aromatic amines is 1. The molecule has 0 saturated carbocycles.